The summed E-state index contributed by atoms with van der Waals surface area (Å²) < 4.78 is 15.3. The van der Waals surface area contributed by atoms with Crippen molar-refractivity contribution in [3.63, 3.8) is 0 Å². The van der Waals surface area contributed by atoms with E-state index in [4.69, 9.17) is 0 Å². The number of carbonyl (C=O) groups excluding carboxylic acids is 1. The molecule has 0 bridgehead atoms. The van der Waals surface area contributed by atoms with Crippen LogP contribution in [0.4, 0.5) is 4.39 Å². The summed E-state index contributed by atoms with van der Waals surface area (Å²) in [5.74, 6) is -0.556. The minimum Gasteiger partial charge on any atom is -0.341 e. The predicted molar refractivity (Wildman–Crippen MR) is 95.5 cm³/mol. The Kier molecular flexibility index (Phi) is 5.65. The van der Waals surface area contributed by atoms with E-state index in [-0.39, 0.29) is 24.8 Å². The van der Waals surface area contributed by atoms with Crippen LogP contribution in [0, 0.1) is 5.82 Å². The minimum absolute atomic E-state index is 0.203. The first-order valence-corrected chi connectivity index (χ1v) is 8.87. The molecule has 1 amide bonds. The van der Waals surface area contributed by atoms with Crippen LogP contribution in [0.25, 0.3) is 0 Å². The lowest BCUT2D eigenvalue weighted by molar-refractivity contribution is -0.131. The highest BCUT2D eigenvalue weighted by atomic mass is 19.1. The number of amides is 1. The van der Waals surface area contributed by atoms with Gasteiger partial charge in [-0.1, -0.05) is 25.0 Å². The maximum atomic E-state index is 13.0. The molecule has 0 aliphatic carbocycles. The molecule has 0 saturated carbocycles. The molecule has 0 radical (unpaired) electrons. The van der Waals surface area contributed by atoms with E-state index in [2.05, 4.69) is 0 Å². The van der Waals surface area contributed by atoms with Crippen LogP contribution in [-0.4, -0.2) is 33.0 Å². The van der Waals surface area contributed by atoms with Crippen molar-refractivity contribution in [2.24, 2.45) is 0 Å². The highest BCUT2D eigenvalue weighted by Crippen LogP contribution is 2.10. The fraction of sp³-hybridized carbons (Fsp3) is 0.421. The highest BCUT2D eigenvalue weighted by Gasteiger charge is 2.18. The van der Waals surface area contributed by atoms with Gasteiger partial charge in [-0.3, -0.25) is 18.7 Å². The molecule has 2 heterocycles. The van der Waals surface area contributed by atoms with Gasteiger partial charge in [-0.05, 0) is 30.5 Å². The van der Waals surface area contributed by atoms with Gasteiger partial charge in [0, 0.05) is 25.4 Å². The maximum absolute atomic E-state index is 13.0. The number of hydrogen-bond donors (Lipinski definition) is 0. The molecule has 0 N–H and O–H groups in total. The lowest BCUT2D eigenvalue weighted by Crippen LogP contribution is -2.44. The molecule has 1 aromatic heterocycles. The van der Waals surface area contributed by atoms with Gasteiger partial charge < -0.3 is 4.90 Å². The van der Waals surface area contributed by atoms with Crippen molar-refractivity contribution in [2.75, 3.05) is 13.1 Å². The number of rotatable bonds is 4. The SMILES string of the molecule is O=C(Cn1c(=O)ccn(Cc2ccc(F)cc2)c1=O)N1CCCCCC1. The van der Waals surface area contributed by atoms with Crippen molar-refractivity contribution >= 4 is 5.91 Å². The number of halogens is 1. The molecule has 138 valence electrons. The molecule has 1 saturated heterocycles. The van der Waals surface area contributed by atoms with Crippen LogP contribution in [-0.2, 0) is 17.9 Å². The highest BCUT2D eigenvalue weighted by molar-refractivity contribution is 5.76. The molecule has 1 aliphatic heterocycles. The van der Waals surface area contributed by atoms with Crippen LogP contribution < -0.4 is 11.2 Å². The van der Waals surface area contributed by atoms with E-state index in [9.17, 15) is 18.8 Å². The van der Waals surface area contributed by atoms with E-state index in [0.29, 0.717) is 13.1 Å². The molecule has 7 heteroatoms. The van der Waals surface area contributed by atoms with Crippen molar-refractivity contribution in [3.05, 3.63) is 68.7 Å². The summed E-state index contributed by atoms with van der Waals surface area (Å²) in [4.78, 5) is 39.0. The van der Waals surface area contributed by atoms with Crippen LogP contribution >= 0.6 is 0 Å². The van der Waals surface area contributed by atoms with Gasteiger partial charge in [0.05, 0.1) is 6.54 Å². The molecule has 3 rings (SSSR count). The summed E-state index contributed by atoms with van der Waals surface area (Å²) >= 11 is 0. The van der Waals surface area contributed by atoms with Gasteiger partial charge in [0.15, 0.2) is 0 Å². The average molecular weight is 359 g/mol. The number of hydrogen-bond acceptors (Lipinski definition) is 3. The molecular weight excluding hydrogens is 337 g/mol. The molecule has 1 aliphatic rings. The van der Waals surface area contributed by atoms with E-state index >= 15 is 0 Å². The summed E-state index contributed by atoms with van der Waals surface area (Å²) in [6.45, 7) is 1.30. The molecule has 0 unspecified atom stereocenters. The summed E-state index contributed by atoms with van der Waals surface area (Å²) in [7, 11) is 0. The van der Waals surface area contributed by atoms with Gasteiger partial charge >= 0.3 is 5.69 Å². The lowest BCUT2D eigenvalue weighted by Gasteiger charge is -2.20. The molecular formula is C19H22FN3O3. The van der Waals surface area contributed by atoms with Crippen LogP contribution in [0.5, 0.6) is 0 Å². The second-order valence-corrected chi connectivity index (χ2v) is 6.57. The van der Waals surface area contributed by atoms with E-state index in [1.165, 1.54) is 29.0 Å². The van der Waals surface area contributed by atoms with Gasteiger partial charge in [-0.15, -0.1) is 0 Å². The van der Waals surface area contributed by atoms with Crippen molar-refractivity contribution < 1.29 is 9.18 Å². The maximum Gasteiger partial charge on any atom is 0.331 e. The third-order valence-electron chi connectivity index (χ3n) is 4.66. The third-order valence-corrected chi connectivity index (χ3v) is 4.66. The van der Waals surface area contributed by atoms with Crippen molar-refractivity contribution in [3.8, 4) is 0 Å². The Morgan fingerprint density at radius 2 is 1.62 bits per heavy atom. The second kappa shape index (κ2) is 8.12. The van der Waals surface area contributed by atoms with Gasteiger partial charge in [0.2, 0.25) is 5.91 Å². The fourth-order valence-electron chi connectivity index (χ4n) is 3.16. The molecule has 1 fully saturated rings. The Hall–Kier alpha value is -2.70. The van der Waals surface area contributed by atoms with Crippen molar-refractivity contribution in [2.45, 2.75) is 38.8 Å². The molecule has 1 aromatic carbocycles. The summed E-state index contributed by atoms with van der Waals surface area (Å²) in [6.07, 6.45) is 5.49. The summed E-state index contributed by atoms with van der Waals surface area (Å²) in [6, 6.07) is 7.08. The topological polar surface area (TPSA) is 64.3 Å². The monoisotopic (exact) mass is 359 g/mol. The quantitative estimate of drug-likeness (QED) is 0.833. The molecule has 2 aromatic rings. The van der Waals surface area contributed by atoms with Gasteiger partial charge in [0.1, 0.15) is 12.4 Å². The Morgan fingerprint density at radius 1 is 0.962 bits per heavy atom. The first kappa shape index (κ1) is 18.1. The number of likely N-dealkylation sites (tertiary alicyclic amines) is 1. The zero-order valence-electron chi connectivity index (χ0n) is 14.6. The predicted octanol–water partition coefficient (Wildman–Crippen LogP) is 1.60. The van der Waals surface area contributed by atoms with Crippen molar-refractivity contribution in [1.82, 2.24) is 14.0 Å². The number of aromatic nitrogens is 2. The molecule has 26 heavy (non-hydrogen) atoms. The minimum atomic E-state index is -0.537. The zero-order chi connectivity index (χ0) is 18.5. The van der Waals surface area contributed by atoms with Crippen LogP contribution in [0.2, 0.25) is 0 Å². The Bertz CT molecular complexity index is 878. The first-order valence-electron chi connectivity index (χ1n) is 8.87. The van der Waals surface area contributed by atoms with E-state index in [1.54, 1.807) is 17.0 Å². The van der Waals surface area contributed by atoms with E-state index in [0.717, 1.165) is 35.8 Å². The Balaban J connectivity index is 1.80. The van der Waals surface area contributed by atoms with Crippen LogP contribution in [0.15, 0.2) is 46.1 Å². The Labute approximate surface area is 150 Å². The second-order valence-electron chi connectivity index (χ2n) is 6.57. The van der Waals surface area contributed by atoms with Gasteiger partial charge in [-0.2, -0.15) is 0 Å². The standard InChI is InChI=1S/C19H22FN3O3/c20-16-7-5-15(6-8-16)13-22-12-9-17(24)23(19(22)26)14-18(25)21-10-3-1-2-4-11-21/h5-9,12H,1-4,10-11,13-14H2. The van der Waals surface area contributed by atoms with Gasteiger partial charge in [0.25, 0.3) is 5.56 Å². The van der Waals surface area contributed by atoms with E-state index in [1.807, 2.05) is 0 Å². The van der Waals surface area contributed by atoms with Gasteiger partial charge in [-0.25, -0.2) is 9.18 Å². The van der Waals surface area contributed by atoms with Crippen LogP contribution in [0.3, 0.4) is 0 Å². The largest absolute Gasteiger partial charge is 0.341 e. The molecule has 0 atom stereocenters. The molecule has 0 spiro atoms. The Morgan fingerprint density at radius 3 is 2.27 bits per heavy atom. The summed E-state index contributed by atoms with van der Waals surface area (Å²) in [5, 5.41) is 0. The zero-order valence-corrected chi connectivity index (χ0v) is 14.6. The average Bonchev–Trinajstić information content (AvgIpc) is 2.92. The molecule has 6 nitrogen and oxygen atoms in total. The third kappa shape index (κ3) is 4.28. The number of carbonyl (C=O) groups is 1. The van der Waals surface area contributed by atoms with E-state index < -0.39 is 11.2 Å². The first-order chi connectivity index (χ1) is 12.5. The normalized spacial score (nSPS) is 14.9. The summed E-state index contributed by atoms with van der Waals surface area (Å²) in [5.41, 5.74) is -0.295. The lowest BCUT2D eigenvalue weighted by atomic mass is 10.2. The smallest absolute Gasteiger partial charge is 0.331 e. The van der Waals surface area contributed by atoms with Crippen molar-refractivity contribution in [1.29, 1.82) is 0 Å². The fourth-order valence-corrected chi connectivity index (χ4v) is 3.16. The van der Waals surface area contributed by atoms with Crippen LogP contribution in [0.1, 0.15) is 31.2 Å². The number of nitrogens with zero attached hydrogens (tertiary/aromatic N) is 3. The number of benzene rings is 1.